The molecule has 1 saturated heterocycles. The van der Waals surface area contributed by atoms with Crippen LogP contribution in [0, 0.1) is 0 Å². The molecule has 154 valence electrons. The van der Waals surface area contributed by atoms with Crippen molar-refractivity contribution in [1.29, 1.82) is 0 Å². The number of pyridine rings is 1. The number of carbonyl (C=O) groups excluding carboxylic acids is 2. The Morgan fingerprint density at radius 3 is 2.50 bits per heavy atom. The Labute approximate surface area is 178 Å². The summed E-state index contributed by atoms with van der Waals surface area (Å²) in [6.07, 6.45) is 1.58. The number of carbonyl (C=O) groups is 2. The third kappa shape index (κ3) is 4.08. The van der Waals surface area contributed by atoms with Crippen LogP contribution in [0.1, 0.15) is 5.56 Å². The van der Waals surface area contributed by atoms with Crippen molar-refractivity contribution in [1.82, 2.24) is 9.88 Å². The van der Waals surface area contributed by atoms with Gasteiger partial charge in [0.15, 0.2) is 0 Å². The maximum absolute atomic E-state index is 12.8. The quantitative estimate of drug-likeness (QED) is 0.390. The fourth-order valence-corrected chi connectivity index (χ4v) is 4.03. The number of anilines is 1. The van der Waals surface area contributed by atoms with Crippen molar-refractivity contribution in [2.45, 2.75) is 16.9 Å². The van der Waals surface area contributed by atoms with Gasteiger partial charge in [0.2, 0.25) is 0 Å². The molecule has 1 aromatic heterocycles. The van der Waals surface area contributed by atoms with Gasteiger partial charge in [0.1, 0.15) is 6.54 Å². The lowest BCUT2D eigenvalue weighted by Crippen LogP contribution is -2.32. The van der Waals surface area contributed by atoms with E-state index in [0.717, 1.165) is 15.8 Å². The lowest BCUT2D eigenvalue weighted by molar-refractivity contribution is -0.116. The molecule has 0 bridgehead atoms. The minimum Gasteiger partial charge on any atom is -0.310 e. The van der Waals surface area contributed by atoms with Gasteiger partial charge in [0.05, 0.1) is 16.2 Å². The van der Waals surface area contributed by atoms with Crippen LogP contribution in [0.5, 0.6) is 0 Å². The van der Waals surface area contributed by atoms with E-state index in [2.05, 4.69) is 4.98 Å². The number of halogens is 4. The minimum absolute atomic E-state index is 0.0256. The molecule has 5 nitrogen and oxygen atoms in total. The molecule has 3 amide bonds. The van der Waals surface area contributed by atoms with Gasteiger partial charge in [-0.05, 0) is 53.7 Å². The van der Waals surface area contributed by atoms with Crippen LogP contribution < -0.4 is 4.90 Å². The third-order valence-corrected chi connectivity index (χ3v) is 5.58. The molecule has 4 rings (SSSR count). The average molecular weight is 452 g/mol. The fourth-order valence-electron chi connectivity index (χ4n) is 3.27. The zero-order valence-electron chi connectivity index (χ0n) is 15.2. The van der Waals surface area contributed by atoms with Crippen LogP contribution in [-0.2, 0) is 11.3 Å². The zero-order valence-corrected chi connectivity index (χ0v) is 16.8. The maximum atomic E-state index is 12.8. The van der Waals surface area contributed by atoms with Crippen molar-refractivity contribution in [3.8, 4) is 0 Å². The van der Waals surface area contributed by atoms with Crippen LogP contribution in [0.25, 0.3) is 10.9 Å². The Kier molecular flexibility index (Phi) is 5.33. The van der Waals surface area contributed by atoms with E-state index in [4.69, 9.17) is 11.6 Å². The molecule has 0 N–H and O–H groups in total. The summed E-state index contributed by atoms with van der Waals surface area (Å²) in [5.74, 6) is -0.451. The number of aromatic nitrogens is 1. The van der Waals surface area contributed by atoms with E-state index in [1.165, 1.54) is 29.2 Å². The number of benzene rings is 2. The second-order valence-electron chi connectivity index (χ2n) is 6.52. The van der Waals surface area contributed by atoms with Gasteiger partial charge in [0, 0.05) is 23.0 Å². The summed E-state index contributed by atoms with van der Waals surface area (Å²) in [5, 5.41) is 1.26. The summed E-state index contributed by atoms with van der Waals surface area (Å²) in [5.41, 5.74) is -2.80. The van der Waals surface area contributed by atoms with Gasteiger partial charge in [-0.2, -0.15) is 13.2 Å². The first-order valence-corrected chi connectivity index (χ1v) is 9.92. The van der Waals surface area contributed by atoms with Gasteiger partial charge >= 0.3 is 11.5 Å². The smallest absolute Gasteiger partial charge is 0.310 e. The van der Waals surface area contributed by atoms with Crippen LogP contribution >= 0.6 is 23.4 Å². The number of hydrogen-bond acceptors (Lipinski definition) is 4. The summed E-state index contributed by atoms with van der Waals surface area (Å²) in [4.78, 5) is 31.9. The molecule has 2 heterocycles. The van der Waals surface area contributed by atoms with Crippen LogP contribution in [0.4, 0.5) is 23.7 Å². The van der Waals surface area contributed by atoms with E-state index in [0.29, 0.717) is 10.5 Å². The molecule has 1 fully saturated rings. The monoisotopic (exact) mass is 451 g/mol. The van der Waals surface area contributed by atoms with Crippen molar-refractivity contribution < 1.29 is 22.8 Å². The number of hydrogen-bond donors (Lipinski definition) is 0. The number of para-hydroxylation sites is 1. The molecule has 0 unspecified atom stereocenters. The van der Waals surface area contributed by atoms with Crippen LogP contribution in [0.2, 0.25) is 5.02 Å². The highest BCUT2D eigenvalue weighted by Gasteiger charge is 2.37. The van der Waals surface area contributed by atoms with E-state index in [9.17, 15) is 22.8 Å². The van der Waals surface area contributed by atoms with Crippen LogP contribution in [0.15, 0.2) is 59.6 Å². The van der Waals surface area contributed by atoms with Gasteiger partial charge in [0.25, 0.3) is 5.91 Å². The topological polar surface area (TPSA) is 53.5 Å². The second-order valence-corrected chi connectivity index (χ2v) is 8.06. The normalized spacial score (nSPS) is 14.8. The molecule has 0 saturated carbocycles. The minimum atomic E-state index is -4.41. The lowest BCUT2D eigenvalue weighted by atomic mass is 10.1. The average Bonchev–Trinajstić information content (AvgIpc) is 2.95. The number of imide groups is 1. The molecule has 3 aromatic rings. The van der Waals surface area contributed by atoms with E-state index in [1.807, 2.05) is 6.07 Å². The summed E-state index contributed by atoms with van der Waals surface area (Å²) >= 11 is 5.92. The van der Waals surface area contributed by atoms with Crippen molar-refractivity contribution in [2.75, 3.05) is 11.4 Å². The maximum Gasteiger partial charge on any atom is 0.446 e. The van der Waals surface area contributed by atoms with Crippen molar-refractivity contribution >= 4 is 51.9 Å². The first-order valence-electron chi connectivity index (χ1n) is 8.73. The Morgan fingerprint density at radius 2 is 1.80 bits per heavy atom. The molecule has 1 aliphatic rings. The van der Waals surface area contributed by atoms with Crippen molar-refractivity contribution in [2.24, 2.45) is 0 Å². The molecule has 0 radical (unpaired) electrons. The van der Waals surface area contributed by atoms with Crippen LogP contribution in [-0.4, -0.2) is 33.9 Å². The van der Waals surface area contributed by atoms with Crippen molar-refractivity contribution in [3.63, 3.8) is 0 Å². The molecular weight excluding hydrogens is 439 g/mol. The van der Waals surface area contributed by atoms with E-state index in [1.54, 1.807) is 24.4 Å². The van der Waals surface area contributed by atoms with Crippen molar-refractivity contribution in [3.05, 3.63) is 65.3 Å². The molecule has 10 heteroatoms. The summed E-state index contributed by atoms with van der Waals surface area (Å²) in [7, 11) is 0. The summed E-state index contributed by atoms with van der Waals surface area (Å²) in [6.45, 7) is 0.0325. The molecule has 30 heavy (non-hydrogen) atoms. The fraction of sp³-hybridized carbons (Fsp3) is 0.150. The number of alkyl halides is 3. The van der Waals surface area contributed by atoms with Crippen LogP contribution in [0.3, 0.4) is 0 Å². The number of fused-ring (bicyclic) bond motifs is 1. The highest BCUT2D eigenvalue weighted by Crippen LogP contribution is 2.37. The Morgan fingerprint density at radius 1 is 1.07 bits per heavy atom. The van der Waals surface area contributed by atoms with Gasteiger partial charge in [-0.1, -0.05) is 23.7 Å². The Bertz CT molecular complexity index is 1140. The van der Waals surface area contributed by atoms with Gasteiger partial charge in [-0.15, -0.1) is 0 Å². The van der Waals surface area contributed by atoms with E-state index >= 15 is 0 Å². The predicted molar refractivity (Wildman–Crippen MR) is 108 cm³/mol. The zero-order chi connectivity index (χ0) is 21.5. The lowest BCUT2D eigenvalue weighted by Gasteiger charge is -2.18. The molecular formula is C20H13ClF3N3O2S. The number of urea groups is 1. The van der Waals surface area contributed by atoms with Gasteiger partial charge in [-0.25, -0.2) is 9.69 Å². The van der Waals surface area contributed by atoms with Gasteiger partial charge < -0.3 is 4.90 Å². The first kappa shape index (κ1) is 20.5. The standard InChI is InChI=1S/C20H13ClF3N3O2S/c21-16-3-1-2-15-12(8-9-25-18(15)16)10-26-11-17(28)27(19(26)29)13-4-6-14(7-5-13)30-20(22,23)24/h1-9H,10-11H2. The predicted octanol–water partition coefficient (Wildman–Crippen LogP) is 5.47. The van der Waals surface area contributed by atoms with Gasteiger partial charge in [-0.3, -0.25) is 9.78 Å². The highest BCUT2D eigenvalue weighted by molar-refractivity contribution is 8.00. The van der Waals surface area contributed by atoms with E-state index < -0.39 is 17.4 Å². The summed E-state index contributed by atoms with van der Waals surface area (Å²) in [6, 6.07) is 11.7. The number of thioether (sulfide) groups is 1. The molecule has 0 aliphatic carbocycles. The van der Waals surface area contributed by atoms with E-state index in [-0.39, 0.29) is 35.4 Å². The highest BCUT2D eigenvalue weighted by atomic mass is 35.5. The Balaban J connectivity index is 1.56. The third-order valence-electron chi connectivity index (χ3n) is 4.54. The molecule has 0 spiro atoms. The number of nitrogens with zero attached hydrogens (tertiary/aromatic N) is 3. The molecule has 1 aliphatic heterocycles. The first-order chi connectivity index (χ1) is 14.2. The number of amides is 3. The summed E-state index contributed by atoms with van der Waals surface area (Å²) < 4.78 is 37.5. The largest absolute Gasteiger partial charge is 0.446 e. The number of rotatable bonds is 4. The molecule has 0 atom stereocenters. The molecule has 2 aromatic carbocycles. The SMILES string of the molecule is O=C1CN(Cc2ccnc3c(Cl)cccc23)C(=O)N1c1ccc(SC(F)(F)F)cc1. The Hall–Kier alpha value is -2.78. The second kappa shape index (κ2) is 7.81.